The Bertz CT molecular complexity index is 1470. The first-order valence-electron chi connectivity index (χ1n) is 10.2. The van der Waals surface area contributed by atoms with E-state index in [-0.39, 0.29) is 21.7 Å². The molecule has 0 N–H and O–H groups in total. The standard InChI is InChI=1S/C25H21NO7S/c1-16-23(25(28)32-3)21-15-18(9-14-22(21)33-16)26(24(27)17-7-5-4-6-8-17)34(29,30)20-12-10-19(31-2)11-13-20/h4-15H,1-3H3. The molecule has 0 aliphatic heterocycles. The number of hydrogen-bond donors (Lipinski definition) is 0. The van der Waals surface area contributed by atoms with E-state index in [0.717, 1.165) is 0 Å². The number of benzene rings is 3. The lowest BCUT2D eigenvalue weighted by Crippen LogP contribution is -2.37. The summed E-state index contributed by atoms with van der Waals surface area (Å²) in [6, 6.07) is 18.2. The third-order valence-electron chi connectivity index (χ3n) is 5.27. The quantitative estimate of drug-likeness (QED) is 0.373. The minimum atomic E-state index is -4.35. The van der Waals surface area contributed by atoms with Crippen molar-refractivity contribution in [1.29, 1.82) is 0 Å². The van der Waals surface area contributed by atoms with Gasteiger partial charge in [0.05, 0.1) is 24.8 Å². The number of nitrogens with zero attached hydrogens (tertiary/aromatic N) is 1. The summed E-state index contributed by atoms with van der Waals surface area (Å²) in [5.74, 6) is -0.598. The summed E-state index contributed by atoms with van der Waals surface area (Å²) in [6.07, 6.45) is 0. The molecule has 9 heteroatoms. The van der Waals surface area contributed by atoms with E-state index in [9.17, 15) is 18.0 Å². The van der Waals surface area contributed by atoms with Gasteiger partial charge in [-0.25, -0.2) is 13.2 Å². The van der Waals surface area contributed by atoms with Gasteiger partial charge < -0.3 is 13.9 Å². The second kappa shape index (κ2) is 9.03. The summed E-state index contributed by atoms with van der Waals surface area (Å²) < 4.78 is 43.7. The Kier molecular flexibility index (Phi) is 6.12. The number of esters is 1. The van der Waals surface area contributed by atoms with Gasteiger partial charge in [-0.3, -0.25) is 4.79 Å². The average Bonchev–Trinajstić information content (AvgIpc) is 3.19. The molecular weight excluding hydrogens is 458 g/mol. The number of aryl methyl sites for hydroxylation is 1. The van der Waals surface area contributed by atoms with Crippen LogP contribution in [0, 0.1) is 6.92 Å². The number of hydrogen-bond acceptors (Lipinski definition) is 7. The third-order valence-corrected chi connectivity index (χ3v) is 7.00. The molecule has 0 unspecified atom stereocenters. The molecular formula is C25H21NO7S. The predicted octanol–water partition coefficient (Wildman–Crippen LogP) is 4.57. The van der Waals surface area contributed by atoms with E-state index in [0.29, 0.717) is 26.8 Å². The molecule has 1 aromatic heterocycles. The van der Waals surface area contributed by atoms with Gasteiger partial charge in [0.1, 0.15) is 22.7 Å². The summed E-state index contributed by atoms with van der Waals surface area (Å²) in [5.41, 5.74) is 0.739. The molecule has 0 bridgehead atoms. The van der Waals surface area contributed by atoms with Gasteiger partial charge in [0.15, 0.2) is 0 Å². The van der Waals surface area contributed by atoms with E-state index in [1.807, 2.05) is 0 Å². The molecule has 0 fully saturated rings. The maximum absolute atomic E-state index is 13.7. The van der Waals surface area contributed by atoms with Crippen LogP contribution in [0.15, 0.2) is 82.1 Å². The molecule has 174 valence electrons. The van der Waals surface area contributed by atoms with E-state index in [4.69, 9.17) is 13.9 Å². The molecule has 0 atom stereocenters. The number of fused-ring (bicyclic) bond motifs is 1. The lowest BCUT2D eigenvalue weighted by Gasteiger charge is -2.23. The zero-order valence-corrected chi connectivity index (χ0v) is 19.5. The summed E-state index contributed by atoms with van der Waals surface area (Å²) in [7, 11) is -1.64. The Morgan fingerprint density at radius 2 is 1.59 bits per heavy atom. The monoisotopic (exact) mass is 479 g/mol. The molecule has 8 nitrogen and oxygen atoms in total. The lowest BCUT2D eigenvalue weighted by molar-refractivity contribution is 0.0600. The van der Waals surface area contributed by atoms with Crippen LogP contribution in [0.25, 0.3) is 11.0 Å². The molecule has 0 aliphatic rings. The molecule has 1 amide bonds. The largest absolute Gasteiger partial charge is 0.497 e. The molecule has 0 radical (unpaired) electrons. The van der Waals surface area contributed by atoms with E-state index < -0.39 is 21.9 Å². The van der Waals surface area contributed by atoms with Crippen LogP contribution in [0.5, 0.6) is 5.75 Å². The highest BCUT2D eigenvalue weighted by molar-refractivity contribution is 7.93. The van der Waals surface area contributed by atoms with Gasteiger partial charge in [0, 0.05) is 10.9 Å². The highest BCUT2D eigenvalue weighted by Gasteiger charge is 2.33. The van der Waals surface area contributed by atoms with Crippen molar-refractivity contribution in [3.05, 3.63) is 89.7 Å². The minimum Gasteiger partial charge on any atom is -0.497 e. The fourth-order valence-corrected chi connectivity index (χ4v) is 5.01. The van der Waals surface area contributed by atoms with Gasteiger partial charge >= 0.3 is 5.97 Å². The Morgan fingerprint density at radius 3 is 2.21 bits per heavy atom. The van der Waals surface area contributed by atoms with Gasteiger partial charge in [-0.15, -0.1) is 0 Å². The molecule has 0 spiro atoms. The van der Waals surface area contributed by atoms with Crippen molar-refractivity contribution in [3.8, 4) is 5.75 Å². The number of carbonyl (C=O) groups is 2. The highest BCUT2D eigenvalue weighted by Crippen LogP contribution is 2.33. The number of methoxy groups -OCH3 is 2. The van der Waals surface area contributed by atoms with Crippen LogP contribution in [0.3, 0.4) is 0 Å². The van der Waals surface area contributed by atoms with Gasteiger partial charge in [-0.1, -0.05) is 18.2 Å². The van der Waals surface area contributed by atoms with Crippen LogP contribution in [-0.4, -0.2) is 34.5 Å². The number of rotatable bonds is 6. The van der Waals surface area contributed by atoms with Crippen LogP contribution in [0.2, 0.25) is 0 Å². The second-order valence-electron chi connectivity index (χ2n) is 7.32. The number of anilines is 1. The van der Waals surface area contributed by atoms with E-state index >= 15 is 0 Å². The summed E-state index contributed by atoms with van der Waals surface area (Å²) in [6.45, 7) is 1.60. The molecule has 3 aromatic carbocycles. The van der Waals surface area contributed by atoms with Crippen LogP contribution in [-0.2, 0) is 14.8 Å². The van der Waals surface area contributed by atoms with Gasteiger partial charge in [-0.2, -0.15) is 4.31 Å². The van der Waals surface area contributed by atoms with E-state index in [1.54, 1.807) is 25.1 Å². The molecule has 1 heterocycles. The molecule has 0 saturated heterocycles. The zero-order valence-electron chi connectivity index (χ0n) is 18.6. The van der Waals surface area contributed by atoms with Crippen molar-refractivity contribution in [2.24, 2.45) is 0 Å². The number of sulfonamides is 1. The zero-order chi connectivity index (χ0) is 24.5. The fourth-order valence-electron chi connectivity index (χ4n) is 3.61. The van der Waals surface area contributed by atoms with Crippen molar-refractivity contribution in [1.82, 2.24) is 0 Å². The topological polar surface area (TPSA) is 103 Å². The average molecular weight is 480 g/mol. The Hall–Kier alpha value is -4.11. The summed E-state index contributed by atoms with van der Waals surface area (Å²) in [5, 5.41) is 0.331. The van der Waals surface area contributed by atoms with Crippen molar-refractivity contribution in [2.45, 2.75) is 11.8 Å². The second-order valence-corrected chi connectivity index (χ2v) is 9.11. The van der Waals surface area contributed by atoms with Gasteiger partial charge in [0.2, 0.25) is 0 Å². The smallest absolute Gasteiger partial charge is 0.342 e. The van der Waals surface area contributed by atoms with Crippen LogP contribution < -0.4 is 9.04 Å². The predicted molar refractivity (Wildman–Crippen MR) is 126 cm³/mol. The van der Waals surface area contributed by atoms with Gasteiger partial charge in [0.25, 0.3) is 15.9 Å². The lowest BCUT2D eigenvalue weighted by atomic mass is 10.1. The Balaban J connectivity index is 1.93. The molecule has 0 saturated carbocycles. The van der Waals surface area contributed by atoms with Crippen molar-refractivity contribution in [3.63, 3.8) is 0 Å². The summed E-state index contributed by atoms with van der Waals surface area (Å²) >= 11 is 0. The first-order valence-corrected chi connectivity index (χ1v) is 11.6. The molecule has 4 rings (SSSR count). The minimum absolute atomic E-state index is 0.0446. The SMILES string of the molecule is COC(=O)c1c(C)oc2ccc(N(C(=O)c3ccccc3)S(=O)(=O)c3ccc(OC)cc3)cc12. The van der Waals surface area contributed by atoms with Crippen molar-refractivity contribution in [2.75, 3.05) is 18.5 Å². The number of amides is 1. The summed E-state index contributed by atoms with van der Waals surface area (Å²) in [4.78, 5) is 25.7. The number of furan rings is 1. The maximum Gasteiger partial charge on any atom is 0.342 e. The van der Waals surface area contributed by atoms with Crippen molar-refractivity contribution < 1.29 is 31.9 Å². The molecule has 34 heavy (non-hydrogen) atoms. The number of ether oxygens (including phenoxy) is 2. The van der Waals surface area contributed by atoms with E-state index in [1.165, 1.54) is 68.8 Å². The first kappa shape index (κ1) is 23.1. The fraction of sp³-hybridized carbons (Fsp3) is 0.120. The number of carbonyl (C=O) groups excluding carboxylic acids is 2. The maximum atomic E-state index is 13.7. The van der Waals surface area contributed by atoms with Crippen LogP contribution >= 0.6 is 0 Å². The van der Waals surface area contributed by atoms with E-state index in [2.05, 4.69) is 0 Å². The van der Waals surface area contributed by atoms with Gasteiger partial charge in [-0.05, 0) is 61.5 Å². The Morgan fingerprint density at radius 1 is 0.912 bits per heavy atom. The first-order chi connectivity index (χ1) is 16.3. The third kappa shape index (κ3) is 4.01. The Labute approximate surface area is 196 Å². The van der Waals surface area contributed by atoms with Crippen LogP contribution in [0.1, 0.15) is 26.5 Å². The van der Waals surface area contributed by atoms with Crippen LogP contribution in [0.4, 0.5) is 5.69 Å². The molecule has 0 aliphatic carbocycles. The highest BCUT2D eigenvalue weighted by atomic mass is 32.2. The normalized spacial score (nSPS) is 11.3. The van der Waals surface area contributed by atoms with Crippen molar-refractivity contribution >= 4 is 38.6 Å². The molecule has 4 aromatic rings.